The first kappa shape index (κ1) is 10.8. The standard InChI is InChI=1S/C12H12N2O2S/c15-9-4-10(17-6-7-2-1-3-7)12(16)8-5-13-14-11(8)9/h4-5,7H,1-3,6H2,(H,13,14). The van der Waals surface area contributed by atoms with Gasteiger partial charge in [0.05, 0.1) is 16.7 Å². The lowest BCUT2D eigenvalue weighted by Gasteiger charge is -2.25. The molecule has 1 heterocycles. The number of nitrogens with zero attached hydrogens (tertiary/aromatic N) is 1. The molecular formula is C12H12N2O2S. The maximum absolute atomic E-state index is 12.0. The van der Waals surface area contributed by atoms with Crippen molar-refractivity contribution < 1.29 is 9.59 Å². The zero-order valence-electron chi connectivity index (χ0n) is 9.23. The minimum absolute atomic E-state index is 0.0716. The van der Waals surface area contributed by atoms with Crippen LogP contribution in [0.3, 0.4) is 0 Å². The van der Waals surface area contributed by atoms with E-state index in [1.165, 1.54) is 43.3 Å². The lowest BCUT2D eigenvalue weighted by Crippen LogP contribution is -2.17. The number of hydrogen-bond donors (Lipinski definition) is 1. The molecule has 2 aliphatic carbocycles. The molecule has 1 aromatic rings. The van der Waals surface area contributed by atoms with Crippen LogP contribution in [0.25, 0.3) is 0 Å². The number of nitrogens with one attached hydrogen (secondary N) is 1. The molecule has 3 rings (SSSR count). The summed E-state index contributed by atoms with van der Waals surface area (Å²) in [6, 6.07) is 0. The second-order valence-electron chi connectivity index (χ2n) is 4.47. The first-order chi connectivity index (χ1) is 8.25. The lowest BCUT2D eigenvalue weighted by molar-refractivity contribution is 0.0989. The monoisotopic (exact) mass is 248 g/mol. The molecule has 0 aliphatic heterocycles. The van der Waals surface area contributed by atoms with Crippen LogP contribution < -0.4 is 0 Å². The van der Waals surface area contributed by atoms with Crippen molar-refractivity contribution in [3.8, 4) is 0 Å². The SMILES string of the molecule is O=C1C(SCC2CCC2)=CC(=O)c2[nH]ncc21. The zero-order chi connectivity index (χ0) is 11.8. The van der Waals surface area contributed by atoms with Gasteiger partial charge < -0.3 is 0 Å². The smallest absolute Gasteiger partial charge is 0.205 e. The Bertz CT molecular complexity index is 514. The normalized spacial score (nSPS) is 19.9. The molecule has 0 amide bonds. The number of Topliss-reactive ketones (excluding diaryl/α,β-unsaturated/α-hetero) is 1. The van der Waals surface area contributed by atoms with Crippen molar-refractivity contribution in [3.05, 3.63) is 28.4 Å². The Kier molecular flexibility index (Phi) is 2.63. The first-order valence-corrected chi connectivity index (χ1v) is 6.71. The minimum atomic E-state index is -0.145. The average Bonchev–Trinajstić information content (AvgIpc) is 2.72. The Morgan fingerprint density at radius 2 is 2.24 bits per heavy atom. The number of thioether (sulfide) groups is 1. The maximum atomic E-state index is 12.0. The van der Waals surface area contributed by atoms with Crippen molar-refractivity contribution in [2.75, 3.05) is 5.75 Å². The number of hydrogen-bond acceptors (Lipinski definition) is 4. The first-order valence-electron chi connectivity index (χ1n) is 5.72. The summed E-state index contributed by atoms with van der Waals surface area (Å²) in [6.45, 7) is 0. The number of fused-ring (bicyclic) bond motifs is 1. The Labute approximate surface area is 103 Å². The van der Waals surface area contributed by atoms with Crippen LogP contribution in [0.15, 0.2) is 17.2 Å². The van der Waals surface area contributed by atoms with Crippen LogP contribution in [-0.4, -0.2) is 27.5 Å². The molecular weight excluding hydrogens is 236 g/mol. The van der Waals surface area contributed by atoms with E-state index in [9.17, 15) is 9.59 Å². The molecule has 0 atom stereocenters. The van der Waals surface area contributed by atoms with Gasteiger partial charge in [0.15, 0.2) is 0 Å². The molecule has 2 aliphatic rings. The summed E-state index contributed by atoms with van der Waals surface area (Å²) >= 11 is 1.51. The van der Waals surface area contributed by atoms with Gasteiger partial charge in [-0.2, -0.15) is 5.10 Å². The highest BCUT2D eigenvalue weighted by molar-refractivity contribution is 8.04. The summed E-state index contributed by atoms with van der Waals surface area (Å²) < 4.78 is 0. The highest BCUT2D eigenvalue weighted by Gasteiger charge is 2.28. The van der Waals surface area contributed by atoms with E-state index >= 15 is 0 Å². The minimum Gasteiger partial charge on any atom is -0.288 e. The summed E-state index contributed by atoms with van der Waals surface area (Å²) in [7, 11) is 0. The molecule has 88 valence electrons. The van der Waals surface area contributed by atoms with E-state index in [-0.39, 0.29) is 11.6 Å². The number of allylic oxidation sites excluding steroid dienone is 2. The van der Waals surface area contributed by atoms with Crippen LogP contribution in [0.4, 0.5) is 0 Å². The Morgan fingerprint density at radius 3 is 2.94 bits per heavy atom. The predicted molar refractivity (Wildman–Crippen MR) is 65.1 cm³/mol. The fraction of sp³-hybridized carbons (Fsp3) is 0.417. The fourth-order valence-electron chi connectivity index (χ4n) is 2.01. The third kappa shape index (κ3) is 1.84. The number of rotatable bonds is 3. The Balaban J connectivity index is 1.76. The lowest BCUT2D eigenvalue weighted by atomic mass is 9.87. The topological polar surface area (TPSA) is 62.8 Å². The average molecular weight is 248 g/mol. The van der Waals surface area contributed by atoms with Crippen LogP contribution in [0.5, 0.6) is 0 Å². The van der Waals surface area contributed by atoms with Crippen LogP contribution in [0.1, 0.15) is 40.1 Å². The quantitative estimate of drug-likeness (QED) is 0.890. The van der Waals surface area contributed by atoms with E-state index in [2.05, 4.69) is 10.2 Å². The number of H-pyrrole nitrogens is 1. The largest absolute Gasteiger partial charge is 0.288 e. The number of ketones is 2. The van der Waals surface area contributed by atoms with E-state index in [0.717, 1.165) is 11.7 Å². The van der Waals surface area contributed by atoms with Gasteiger partial charge in [0.2, 0.25) is 11.6 Å². The number of carbonyl (C=O) groups excluding carboxylic acids is 2. The summed E-state index contributed by atoms with van der Waals surface area (Å²) in [5.41, 5.74) is 0.733. The van der Waals surface area contributed by atoms with Gasteiger partial charge in [-0.25, -0.2) is 0 Å². The van der Waals surface area contributed by atoms with Gasteiger partial charge in [-0.05, 0) is 18.8 Å². The van der Waals surface area contributed by atoms with Crippen molar-refractivity contribution in [1.82, 2.24) is 10.2 Å². The van der Waals surface area contributed by atoms with Gasteiger partial charge in [0, 0.05) is 11.8 Å². The molecule has 4 nitrogen and oxygen atoms in total. The maximum Gasteiger partial charge on any atom is 0.205 e. The Hall–Kier alpha value is -1.36. The summed E-state index contributed by atoms with van der Waals surface area (Å²) in [6.07, 6.45) is 6.67. The molecule has 1 aromatic heterocycles. The van der Waals surface area contributed by atoms with Gasteiger partial charge in [0.1, 0.15) is 5.69 Å². The number of aromatic nitrogens is 2. The predicted octanol–water partition coefficient (Wildman–Crippen LogP) is 2.21. The molecule has 5 heteroatoms. The second kappa shape index (κ2) is 4.14. The Morgan fingerprint density at radius 1 is 1.41 bits per heavy atom. The summed E-state index contributed by atoms with van der Waals surface area (Å²) in [4.78, 5) is 24.3. The van der Waals surface area contributed by atoms with Gasteiger partial charge in [0.25, 0.3) is 0 Å². The van der Waals surface area contributed by atoms with Crippen LogP contribution >= 0.6 is 11.8 Å². The molecule has 0 saturated heterocycles. The molecule has 17 heavy (non-hydrogen) atoms. The van der Waals surface area contributed by atoms with Crippen molar-refractivity contribution in [2.45, 2.75) is 19.3 Å². The highest BCUT2D eigenvalue weighted by Crippen LogP contribution is 2.34. The van der Waals surface area contributed by atoms with Crippen molar-refractivity contribution >= 4 is 23.3 Å². The molecule has 0 spiro atoms. The van der Waals surface area contributed by atoms with Crippen LogP contribution in [0.2, 0.25) is 0 Å². The number of aromatic amines is 1. The summed E-state index contributed by atoms with van der Waals surface area (Å²) in [5.74, 6) is 1.44. The molecule has 1 N–H and O–H groups in total. The fourth-order valence-corrected chi connectivity index (χ4v) is 3.19. The third-order valence-electron chi connectivity index (χ3n) is 3.32. The molecule has 0 unspecified atom stereocenters. The summed E-state index contributed by atoms with van der Waals surface area (Å²) in [5, 5.41) is 6.32. The van der Waals surface area contributed by atoms with Gasteiger partial charge in [-0.3, -0.25) is 14.7 Å². The van der Waals surface area contributed by atoms with Crippen molar-refractivity contribution in [2.24, 2.45) is 5.92 Å². The van der Waals surface area contributed by atoms with Crippen LogP contribution in [0, 0.1) is 5.92 Å². The van der Waals surface area contributed by atoms with E-state index in [4.69, 9.17) is 0 Å². The zero-order valence-corrected chi connectivity index (χ0v) is 10.0. The van der Waals surface area contributed by atoms with Crippen LogP contribution in [-0.2, 0) is 0 Å². The molecule has 0 aromatic carbocycles. The van der Waals surface area contributed by atoms with E-state index in [1.54, 1.807) is 0 Å². The van der Waals surface area contributed by atoms with E-state index in [1.807, 2.05) is 0 Å². The molecule has 1 fully saturated rings. The number of carbonyl (C=O) groups is 2. The molecule has 1 saturated carbocycles. The molecule has 0 bridgehead atoms. The highest BCUT2D eigenvalue weighted by atomic mass is 32.2. The van der Waals surface area contributed by atoms with E-state index < -0.39 is 0 Å². The van der Waals surface area contributed by atoms with E-state index in [0.29, 0.717) is 16.2 Å². The van der Waals surface area contributed by atoms with Gasteiger partial charge >= 0.3 is 0 Å². The molecule has 0 radical (unpaired) electrons. The third-order valence-corrected chi connectivity index (χ3v) is 4.57. The van der Waals surface area contributed by atoms with Crippen molar-refractivity contribution in [3.63, 3.8) is 0 Å². The van der Waals surface area contributed by atoms with Gasteiger partial charge in [-0.1, -0.05) is 6.42 Å². The van der Waals surface area contributed by atoms with Crippen molar-refractivity contribution in [1.29, 1.82) is 0 Å². The second-order valence-corrected chi connectivity index (χ2v) is 5.53. The van der Waals surface area contributed by atoms with Gasteiger partial charge in [-0.15, -0.1) is 11.8 Å².